The third kappa shape index (κ3) is 3.18. The van der Waals surface area contributed by atoms with Crippen molar-refractivity contribution in [2.45, 2.75) is 25.8 Å². The minimum Gasteiger partial charge on any atom is -0.342 e. The molecule has 1 heterocycles. The Balaban J connectivity index is 2.46. The lowest BCUT2D eigenvalue weighted by molar-refractivity contribution is -0.136. The number of amides is 1. The number of nitrogens with two attached hydrogens (primary N) is 1. The maximum absolute atomic E-state index is 11.9. The molecule has 0 saturated carbocycles. The molecule has 0 spiro atoms. The van der Waals surface area contributed by atoms with Gasteiger partial charge in [0.2, 0.25) is 5.91 Å². The third-order valence-corrected chi connectivity index (χ3v) is 3.36. The quantitative estimate of drug-likeness (QED) is 0.725. The smallest absolute Gasteiger partial charge is 0.226 e. The van der Waals surface area contributed by atoms with Crippen LogP contribution in [0.3, 0.4) is 0 Å². The van der Waals surface area contributed by atoms with E-state index in [0.29, 0.717) is 12.6 Å². The van der Waals surface area contributed by atoms with E-state index in [-0.39, 0.29) is 11.8 Å². The summed E-state index contributed by atoms with van der Waals surface area (Å²) in [5.74, 6) is 0.140. The largest absolute Gasteiger partial charge is 0.342 e. The van der Waals surface area contributed by atoms with E-state index in [2.05, 4.69) is 11.9 Å². The van der Waals surface area contributed by atoms with E-state index in [4.69, 9.17) is 5.73 Å². The Morgan fingerprint density at radius 2 is 2.07 bits per heavy atom. The molecule has 1 rings (SSSR count). The molecular formula is C11H23N3O. The van der Waals surface area contributed by atoms with Crippen molar-refractivity contribution in [2.24, 2.45) is 11.7 Å². The molecule has 0 radical (unpaired) electrons. The van der Waals surface area contributed by atoms with Crippen LogP contribution in [-0.2, 0) is 4.79 Å². The topological polar surface area (TPSA) is 49.6 Å². The molecule has 1 unspecified atom stereocenters. The number of piperidine rings is 1. The first-order valence-corrected chi connectivity index (χ1v) is 5.71. The summed E-state index contributed by atoms with van der Waals surface area (Å²) >= 11 is 0. The van der Waals surface area contributed by atoms with Crippen molar-refractivity contribution in [3.63, 3.8) is 0 Å². The molecule has 0 aromatic rings. The Morgan fingerprint density at radius 3 is 2.53 bits per heavy atom. The zero-order valence-electron chi connectivity index (χ0n) is 10.1. The normalized spacial score (nSPS) is 21.3. The maximum atomic E-state index is 11.9. The monoisotopic (exact) mass is 213 g/mol. The predicted molar refractivity (Wildman–Crippen MR) is 61.5 cm³/mol. The van der Waals surface area contributed by atoms with Gasteiger partial charge in [0.05, 0.1) is 0 Å². The molecule has 1 saturated heterocycles. The minimum atomic E-state index is -0.0466. The molecule has 1 aliphatic heterocycles. The van der Waals surface area contributed by atoms with Gasteiger partial charge in [0, 0.05) is 25.6 Å². The lowest BCUT2D eigenvalue weighted by Gasteiger charge is -2.36. The van der Waals surface area contributed by atoms with Crippen molar-refractivity contribution in [1.82, 2.24) is 9.80 Å². The van der Waals surface area contributed by atoms with Crippen molar-refractivity contribution >= 4 is 5.91 Å². The van der Waals surface area contributed by atoms with Crippen molar-refractivity contribution < 1.29 is 4.79 Å². The summed E-state index contributed by atoms with van der Waals surface area (Å²) in [5, 5.41) is 0. The van der Waals surface area contributed by atoms with Crippen LogP contribution < -0.4 is 5.73 Å². The molecule has 0 bridgehead atoms. The van der Waals surface area contributed by atoms with Crippen molar-refractivity contribution in [2.75, 3.05) is 33.7 Å². The SMILES string of the molecule is CC(CN)C(=O)N(C)C1CCN(C)CC1. The summed E-state index contributed by atoms with van der Waals surface area (Å²) in [6, 6.07) is 0.405. The molecule has 2 N–H and O–H groups in total. The fourth-order valence-corrected chi connectivity index (χ4v) is 2.01. The minimum absolute atomic E-state index is 0.0466. The first kappa shape index (κ1) is 12.5. The lowest BCUT2D eigenvalue weighted by Crippen LogP contribution is -2.47. The Morgan fingerprint density at radius 1 is 1.53 bits per heavy atom. The van der Waals surface area contributed by atoms with E-state index in [1.807, 2.05) is 18.9 Å². The van der Waals surface area contributed by atoms with Crippen molar-refractivity contribution in [1.29, 1.82) is 0 Å². The van der Waals surface area contributed by atoms with Crippen LogP contribution in [-0.4, -0.2) is 55.5 Å². The number of likely N-dealkylation sites (tertiary alicyclic amines) is 1. The average molecular weight is 213 g/mol. The predicted octanol–water partition coefficient (Wildman–Crippen LogP) is 0.134. The number of nitrogens with zero attached hydrogens (tertiary/aromatic N) is 2. The molecule has 0 aromatic heterocycles. The fraction of sp³-hybridized carbons (Fsp3) is 0.909. The van der Waals surface area contributed by atoms with Crippen LogP contribution >= 0.6 is 0 Å². The first-order chi connectivity index (χ1) is 7.06. The highest BCUT2D eigenvalue weighted by Gasteiger charge is 2.25. The summed E-state index contributed by atoms with van der Waals surface area (Å²) in [5.41, 5.74) is 5.51. The van der Waals surface area contributed by atoms with Crippen LogP contribution in [0.4, 0.5) is 0 Å². The van der Waals surface area contributed by atoms with Gasteiger partial charge in [0.25, 0.3) is 0 Å². The maximum Gasteiger partial charge on any atom is 0.226 e. The van der Waals surface area contributed by atoms with Gasteiger partial charge in [-0.3, -0.25) is 4.79 Å². The van der Waals surface area contributed by atoms with Gasteiger partial charge in [-0.25, -0.2) is 0 Å². The molecule has 4 heteroatoms. The zero-order chi connectivity index (χ0) is 11.4. The third-order valence-electron chi connectivity index (χ3n) is 3.36. The molecule has 88 valence electrons. The van der Waals surface area contributed by atoms with E-state index in [1.165, 1.54) is 0 Å². The van der Waals surface area contributed by atoms with E-state index in [0.717, 1.165) is 25.9 Å². The molecule has 1 amide bonds. The van der Waals surface area contributed by atoms with Crippen LogP contribution in [0.5, 0.6) is 0 Å². The second-order valence-electron chi connectivity index (χ2n) is 4.62. The van der Waals surface area contributed by atoms with E-state index < -0.39 is 0 Å². The second kappa shape index (κ2) is 5.47. The number of hydrogen-bond acceptors (Lipinski definition) is 3. The molecule has 15 heavy (non-hydrogen) atoms. The molecule has 0 aromatic carbocycles. The summed E-state index contributed by atoms with van der Waals surface area (Å²) < 4.78 is 0. The van der Waals surface area contributed by atoms with Crippen LogP contribution in [0.1, 0.15) is 19.8 Å². The van der Waals surface area contributed by atoms with Crippen LogP contribution in [0.2, 0.25) is 0 Å². The van der Waals surface area contributed by atoms with Gasteiger partial charge in [0.15, 0.2) is 0 Å². The molecule has 1 aliphatic rings. The highest BCUT2D eigenvalue weighted by Crippen LogP contribution is 2.15. The highest BCUT2D eigenvalue weighted by atomic mass is 16.2. The Kier molecular flexibility index (Phi) is 4.54. The van der Waals surface area contributed by atoms with Crippen LogP contribution in [0.15, 0.2) is 0 Å². The Bertz CT molecular complexity index is 212. The average Bonchev–Trinajstić information content (AvgIpc) is 2.27. The molecular weight excluding hydrogens is 190 g/mol. The fourth-order valence-electron chi connectivity index (χ4n) is 2.01. The zero-order valence-corrected chi connectivity index (χ0v) is 10.1. The number of carbonyl (C=O) groups excluding carboxylic acids is 1. The van der Waals surface area contributed by atoms with Gasteiger partial charge in [-0.05, 0) is 33.0 Å². The van der Waals surface area contributed by atoms with Gasteiger partial charge < -0.3 is 15.5 Å². The van der Waals surface area contributed by atoms with Crippen molar-refractivity contribution in [3.05, 3.63) is 0 Å². The number of rotatable bonds is 3. The van der Waals surface area contributed by atoms with Gasteiger partial charge in [-0.1, -0.05) is 6.92 Å². The Labute approximate surface area is 92.4 Å². The van der Waals surface area contributed by atoms with Crippen LogP contribution in [0, 0.1) is 5.92 Å². The second-order valence-corrected chi connectivity index (χ2v) is 4.62. The van der Waals surface area contributed by atoms with E-state index in [9.17, 15) is 4.79 Å². The summed E-state index contributed by atoms with van der Waals surface area (Å²) in [4.78, 5) is 16.1. The van der Waals surface area contributed by atoms with Crippen molar-refractivity contribution in [3.8, 4) is 0 Å². The molecule has 1 atom stereocenters. The first-order valence-electron chi connectivity index (χ1n) is 5.71. The standard InChI is InChI=1S/C11H23N3O/c1-9(8-12)11(15)14(3)10-4-6-13(2)7-5-10/h9-10H,4-8,12H2,1-3H3. The van der Waals surface area contributed by atoms with Crippen LogP contribution in [0.25, 0.3) is 0 Å². The van der Waals surface area contributed by atoms with Gasteiger partial charge in [0.1, 0.15) is 0 Å². The van der Waals surface area contributed by atoms with E-state index in [1.54, 1.807) is 0 Å². The number of carbonyl (C=O) groups is 1. The summed E-state index contributed by atoms with van der Waals surface area (Å²) in [6.45, 7) is 4.50. The molecule has 0 aliphatic carbocycles. The number of hydrogen-bond donors (Lipinski definition) is 1. The molecule has 1 fully saturated rings. The van der Waals surface area contributed by atoms with Gasteiger partial charge in [-0.2, -0.15) is 0 Å². The highest BCUT2D eigenvalue weighted by molar-refractivity contribution is 5.78. The summed E-state index contributed by atoms with van der Waals surface area (Å²) in [7, 11) is 4.03. The van der Waals surface area contributed by atoms with Gasteiger partial charge in [-0.15, -0.1) is 0 Å². The van der Waals surface area contributed by atoms with Gasteiger partial charge >= 0.3 is 0 Å². The summed E-state index contributed by atoms with van der Waals surface area (Å²) in [6.07, 6.45) is 2.16. The lowest BCUT2D eigenvalue weighted by atomic mass is 10.0. The Hall–Kier alpha value is -0.610. The molecule has 4 nitrogen and oxygen atoms in total. The van der Waals surface area contributed by atoms with E-state index >= 15 is 0 Å².